The van der Waals surface area contributed by atoms with Gasteiger partial charge in [-0.1, -0.05) is 36.3 Å². The molecule has 0 unspecified atom stereocenters. The van der Waals surface area contributed by atoms with Crippen molar-refractivity contribution in [3.63, 3.8) is 0 Å². The number of ether oxygens (including phenoxy) is 2. The number of rotatable bonds is 7. The van der Waals surface area contributed by atoms with E-state index in [0.717, 1.165) is 57.4 Å². The van der Waals surface area contributed by atoms with Crippen LogP contribution < -0.4 is 9.47 Å². The van der Waals surface area contributed by atoms with Crippen LogP contribution in [0.5, 0.6) is 11.5 Å². The topological polar surface area (TPSA) is 55.8 Å². The van der Waals surface area contributed by atoms with Crippen molar-refractivity contribution in [1.82, 2.24) is 4.90 Å². The van der Waals surface area contributed by atoms with Crippen molar-refractivity contribution in [2.75, 3.05) is 13.2 Å². The second-order valence-corrected chi connectivity index (χ2v) is 10.7. The van der Waals surface area contributed by atoms with Gasteiger partial charge in [0.25, 0.3) is 0 Å². The Balaban J connectivity index is 1.69. The SMILES string of the molecule is C#CCOc1c(I)cc(C2C3=C(CCCC3=O)N(Cc3ccccc3)C3=C2C(=O)CCC3)cc1OCC. The monoisotopic (exact) mass is 607 g/mol. The number of hydrogen-bond donors (Lipinski definition) is 0. The number of ketones is 2. The molecule has 1 heterocycles. The molecular weight excluding hydrogens is 577 g/mol. The van der Waals surface area contributed by atoms with Crippen LogP contribution in [-0.2, 0) is 16.1 Å². The lowest BCUT2D eigenvalue weighted by molar-refractivity contribution is -0.117. The molecular formula is C31H30INO4. The number of nitrogens with zero attached hydrogens (tertiary/aromatic N) is 1. The summed E-state index contributed by atoms with van der Waals surface area (Å²) < 4.78 is 12.6. The molecule has 0 bridgehead atoms. The van der Waals surface area contributed by atoms with Crippen molar-refractivity contribution in [3.8, 4) is 23.8 Å². The maximum absolute atomic E-state index is 13.6. The molecule has 2 aromatic rings. The van der Waals surface area contributed by atoms with Crippen molar-refractivity contribution in [3.05, 3.63) is 79.7 Å². The molecule has 0 radical (unpaired) electrons. The molecule has 5 rings (SSSR count). The van der Waals surface area contributed by atoms with Crippen LogP contribution >= 0.6 is 22.6 Å². The summed E-state index contributed by atoms with van der Waals surface area (Å²) in [4.78, 5) is 29.5. The van der Waals surface area contributed by atoms with Gasteiger partial charge in [0.15, 0.2) is 23.1 Å². The molecule has 0 N–H and O–H groups in total. The minimum absolute atomic E-state index is 0.134. The lowest BCUT2D eigenvalue weighted by Gasteiger charge is -2.44. The van der Waals surface area contributed by atoms with Gasteiger partial charge >= 0.3 is 0 Å². The van der Waals surface area contributed by atoms with Crippen LogP contribution in [0.15, 0.2) is 65.0 Å². The minimum Gasteiger partial charge on any atom is -0.490 e. The molecule has 2 aliphatic carbocycles. The fraction of sp³-hybridized carbons (Fsp3) is 0.355. The number of hydrogen-bond acceptors (Lipinski definition) is 5. The molecule has 0 aromatic heterocycles. The Morgan fingerprint density at radius 2 is 1.62 bits per heavy atom. The molecule has 1 aliphatic heterocycles. The van der Waals surface area contributed by atoms with Crippen molar-refractivity contribution < 1.29 is 19.1 Å². The van der Waals surface area contributed by atoms with Crippen LogP contribution in [0.25, 0.3) is 0 Å². The summed E-state index contributed by atoms with van der Waals surface area (Å²) in [7, 11) is 0. The van der Waals surface area contributed by atoms with Crippen molar-refractivity contribution in [2.45, 2.75) is 57.9 Å². The number of terminal acetylenes is 1. The smallest absolute Gasteiger partial charge is 0.175 e. The highest BCUT2D eigenvalue weighted by molar-refractivity contribution is 14.1. The molecule has 0 spiro atoms. The zero-order valence-corrected chi connectivity index (χ0v) is 23.2. The Bertz CT molecular complexity index is 1290. The first-order chi connectivity index (χ1) is 18.0. The highest BCUT2D eigenvalue weighted by Gasteiger charge is 2.43. The van der Waals surface area contributed by atoms with E-state index in [-0.39, 0.29) is 18.2 Å². The first kappa shape index (κ1) is 25.6. The van der Waals surface area contributed by atoms with E-state index in [1.165, 1.54) is 5.56 Å². The molecule has 0 atom stereocenters. The van der Waals surface area contributed by atoms with E-state index in [1.807, 2.05) is 37.3 Å². The number of Topliss-reactive ketones (excluding diaryl/α,β-unsaturated/α-hetero) is 2. The largest absolute Gasteiger partial charge is 0.490 e. The van der Waals surface area contributed by atoms with Gasteiger partial charge in [-0.2, -0.15) is 0 Å². The number of benzene rings is 2. The third kappa shape index (κ3) is 4.94. The number of carbonyl (C=O) groups excluding carboxylic acids is 2. The Kier molecular flexibility index (Phi) is 7.71. The van der Waals surface area contributed by atoms with Gasteiger partial charge in [-0.15, -0.1) is 6.42 Å². The molecule has 0 fully saturated rings. The van der Waals surface area contributed by atoms with Gasteiger partial charge < -0.3 is 14.4 Å². The fourth-order valence-corrected chi connectivity index (χ4v) is 6.56. The second kappa shape index (κ2) is 11.1. The normalized spacial score (nSPS) is 17.9. The van der Waals surface area contributed by atoms with Gasteiger partial charge in [-0.05, 0) is 78.5 Å². The van der Waals surface area contributed by atoms with Crippen molar-refractivity contribution in [1.29, 1.82) is 0 Å². The maximum Gasteiger partial charge on any atom is 0.175 e. The third-order valence-electron chi connectivity index (χ3n) is 7.23. The van der Waals surface area contributed by atoms with E-state index >= 15 is 0 Å². The summed E-state index contributed by atoms with van der Waals surface area (Å²) in [5.74, 6) is 3.56. The van der Waals surface area contributed by atoms with Crippen LogP contribution in [0.3, 0.4) is 0 Å². The van der Waals surface area contributed by atoms with E-state index in [0.29, 0.717) is 37.5 Å². The Labute approximate surface area is 232 Å². The molecule has 5 nitrogen and oxygen atoms in total. The third-order valence-corrected chi connectivity index (χ3v) is 8.04. The van der Waals surface area contributed by atoms with Gasteiger partial charge in [0, 0.05) is 47.8 Å². The number of carbonyl (C=O) groups is 2. The van der Waals surface area contributed by atoms with E-state index in [1.54, 1.807) is 0 Å². The van der Waals surface area contributed by atoms with E-state index < -0.39 is 5.92 Å². The maximum atomic E-state index is 13.6. The predicted molar refractivity (Wildman–Crippen MR) is 151 cm³/mol. The molecule has 2 aromatic carbocycles. The van der Waals surface area contributed by atoms with Crippen LogP contribution in [0.2, 0.25) is 0 Å². The van der Waals surface area contributed by atoms with Crippen LogP contribution in [0.1, 0.15) is 62.5 Å². The van der Waals surface area contributed by atoms with Crippen LogP contribution in [0.4, 0.5) is 0 Å². The summed E-state index contributed by atoms with van der Waals surface area (Å²) in [5, 5.41) is 0. The second-order valence-electron chi connectivity index (χ2n) is 9.53. The average Bonchev–Trinajstić information content (AvgIpc) is 2.89. The van der Waals surface area contributed by atoms with Gasteiger partial charge in [0.1, 0.15) is 6.61 Å². The van der Waals surface area contributed by atoms with Crippen molar-refractivity contribution in [2.24, 2.45) is 0 Å². The first-order valence-electron chi connectivity index (χ1n) is 12.9. The van der Waals surface area contributed by atoms with Crippen molar-refractivity contribution >= 4 is 34.2 Å². The van der Waals surface area contributed by atoms with Crippen LogP contribution in [-0.4, -0.2) is 29.7 Å². The molecule has 0 saturated carbocycles. The molecule has 190 valence electrons. The summed E-state index contributed by atoms with van der Waals surface area (Å²) in [5.41, 5.74) is 5.74. The Morgan fingerprint density at radius 3 is 2.22 bits per heavy atom. The summed E-state index contributed by atoms with van der Waals surface area (Å²) in [6.45, 7) is 3.17. The minimum atomic E-state index is -0.396. The van der Waals surface area contributed by atoms with E-state index in [9.17, 15) is 9.59 Å². The number of allylic oxidation sites excluding steroid dienone is 4. The van der Waals surface area contributed by atoms with Crippen LogP contribution in [0, 0.1) is 15.9 Å². The number of halogens is 1. The molecule has 0 saturated heterocycles. The molecule has 37 heavy (non-hydrogen) atoms. The first-order valence-corrected chi connectivity index (χ1v) is 14.0. The average molecular weight is 607 g/mol. The quantitative estimate of drug-likeness (QED) is 0.273. The van der Waals surface area contributed by atoms with Gasteiger partial charge in [-0.25, -0.2) is 0 Å². The molecule has 6 heteroatoms. The standard InChI is InChI=1S/C31H30INO4/c1-3-16-37-31-22(32)17-21(18-27(31)36-4-2)28-29-23(12-8-14-25(29)34)33(19-20-10-6-5-7-11-20)24-13-9-15-26(35)30(24)28/h1,5-7,10-11,17-18,28H,4,8-9,12-16,19H2,2H3. The molecule has 0 amide bonds. The fourth-order valence-electron chi connectivity index (χ4n) is 5.78. The van der Waals surface area contributed by atoms with E-state index in [2.05, 4.69) is 45.5 Å². The lowest BCUT2D eigenvalue weighted by Crippen LogP contribution is -2.38. The predicted octanol–water partition coefficient (Wildman–Crippen LogP) is 6.32. The lowest BCUT2D eigenvalue weighted by atomic mass is 9.71. The summed E-state index contributed by atoms with van der Waals surface area (Å²) in [6.07, 6.45) is 9.75. The molecule has 3 aliphatic rings. The van der Waals surface area contributed by atoms with E-state index in [4.69, 9.17) is 15.9 Å². The van der Waals surface area contributed by atoms with Gasteiger partial charge in [-0.3, -0.25) is 9.59 Å². The Morgan fingerprint density at radius 1 is 0.973 bits per heavy atom. The Hall–Kier alpha value is -3.05. The van der Waals surface area contributed by atoms with Gasteiger partial charge in [0.05, 0.1) is 10.2 Å². The zero-order valence-electron chi connectivity index (χ0n) is 21.0. The van der Waals surface area contributed by atoms with Gasteiger partial charge in [0.2, 0.25) is 0 Å². The summed E-state index contributed by atoms with van der Waals surface area (Å²) in [6, 6.07) is 14.2. The highest BCUT2D eigenvalue weighted by atomic mass is 127. The zero-order chi connectivity index (χ0) is 25.9. The summed E-state index contributed by atoms with van der Waals surface area (Å²) >= 11 is 2.23. The highest BCUT2D eigenvalue weighted by Crippen LogP contribution is 2.51.